The highest BCUT2D eigenvalue weighted by Crippen LogP contribution is 2.61. The third kappa shape index (κ3) is 2.92. The average Bonchev–Trinajstić information content (AvgIpc) is 2.77. The fourth-order valence-electron chi connectivity index (χ4n) is 5.80. The molecule has 1 heterocycles. The van der Waals surface area contributed by atoms with Gasteiger partial charge in [0.05, 0.1) is 17.6 Å². The number of nitrogens with zero attached hydrogens (tertiary/aromatic N) is 2. The third-order valence-corrected chi connectivity index (χ3v) is 7.69. The number of rotatable bonds is 4. The van der Waals surface area contributed by atoms with Crippen molar-refractivity contribution in [3.8, 4) is 0 Å². The maximum absolute atomic E-state index is 13.2. The Labute approximate surface area is 152 Å². The normalized spacial score (nSPS) is 37.0. The number of amides is 1. The van der Waals surface area contributed by atoms with Gasteiger partial charge in [-0.15, -0.1) is 11.3 Å². The summed E-state index contributed by atoms with van der Waals surface area (Å²) in [4.78, 5) is 19.8. The second kappa shape index (κ2) is 6.03. The summed E-state index contributed by atoms with van der Waals surface area (Å²) in [6, 6.07) is 0. The molecule has 1 aromatic rings. The van der Waals surface area contributed by atoms with Crippen molar-refractivity contribution >= 4 is 17.2 Å². The quantitative estimate of drug-likeness (QED) is 0.893. The van der Waals surface area contributed by atoms with Gasteiger partial charge >= 0.3 is 0 Å². The summed E-state index contributed by atoms with van der Waals surface area (Å²) >= 11 is 1.58. The van der Waals surface area contributed by atoms with Crippen molar-refractivity contribution in [3.63, 3.8) is 0 Å². The van der Waals surface area contributed by atoms with Crippen LogP contribution in [0.4, 0.5) is 0 Å². The van der Waals surface area contributed by atoms with Gasteiger partial charge in [0.25, 0.3) is 5.91 Å². The molecule has 4 bridgehead atoms. The molecular formula is C19H28N2O3S. The fourth-order valence-corrected chi connectivity index (χ4v) is 6.80. The van der Waals surface area contributed by atoms with Crippen LogP contribution in [0.25, 0.3) is 0 Å². The second-order valence-corrected chi connectivity index (χ2v) is 9.73. The number of aromatic nitrogens is 1. The number of hydrogen-bond acceptors (Lipinski definition) is 4. The van der Waals surface area contributed by atoms with Gasteiger partial charge in [-0.05, 0) is 64.2 Å². The molecule has 1 amide bonds. The molecule has 0 aliphatic heterocycles. The van der Waals surface area contributed by atoms with E-state index in [1.165, 1.54) is 11.3 Å². The number of aryl methyl sites for hydroxylation is 1. The van der Waals surface area contributed by atoms with Crippen molar-refractivity contribution in [1.82, 2.24) is 4.57 Å². The smallest absolute Gasteiger partial charge is 0.254 e. The molecule has 6 heteroatoms. The van der Waals surface area contributed by atoms with Crippen LogP contribution in [0, 0.1) is 31.1 Å². The highest BCUT2D eigenvalue weighted by molar-refractivity contribution is 7.09. The largest absolute Gasteiger partial charge is 0.390 e. The molecule has 2 unspecified atom stereocenters. The zero-order valence-electron chi connectivity index (χ0n) is 15.4. The number of ether oxygens (including phenoxy) is 1. The number of aliphatic hydroxyl groups is 1. The summed E-state index contributed by atoms with van der Waals surface area (Å²) in [7, 11) is 1.69. The minimum atomic E-state index is -0.622. The Morgan fingerprint density at radius 1 is 1.32 bits per heavy atom. The molecular weight excluding hydrogens is 336 g/mol. The van der Waals surface area contributed by atoms with Crippen LogP contribution in [0.15, 0.2) is 4.99 Å². The van der Waals surface area contributed by atoms with Crippen LogP contribution in [-0.4, -0.2) is 34.9 Å². The van der Waals surface area contributed by atoms with E-state index in [2.05, 4.69) is 23.4 Å². The number of hydrogen-bond donors (Lipinski definition) is 1. The molecule has 0 saturated heterocycles. The van der Waals surface area contributed by atoms with E-state index in [1.54, 1.807) is 18.4 Å². The van der Waals surface area contributed by atoms with Crippen LogP contribution in [0.5, 0.6) is 0 Å². The first kappa shape index (κ1) is 17.4. The van der Waals surface area contributed by atoms with E-state index in [4.69, 9.17) is 4.74 Å². The number of carbonyl (C=O) groups excluding carboxylic acids is 1. The Hall–Kier alpha value is -0.980. The summed E-state index contributed by atoms with van der Waals surface area (Å²) in [5.74, 6) is 0.989. The van der Waals surface area contributed by atoms with Crippen LogP contribution < -0.4 is 4.80 Å². The van der Waals surface area contributed by atoms with Gasteiger partial charge in [0.15, 0.2) is 4.80 Å². The maximum Gasteiger partial charge on any atom is 0.254 e. The van der Waals surface area contributed by atoms with Crippen LogP contribution >= 0.6 is 11.3 Å². The molecule has 4 saturated carbocycles. The highest BCUT2D eigenvalue weighted by Gasteiger charge is 2.60. The van der Waals surface area contributed by atoms with E-state index in [1.807, 2.05) is 0 Å². The zero-order valence-corrected chi connectivity index (χ0v) is 16.2. The van der Waals surface area contributed by atoms with Crippen molar-refractivity contribution in [2.75, 3.05) is 13.7 Å². The van der Waals surface area contributed by atoms with Gasteiger partial charge < -0.3 is 14.4 Å². The minimum Gasteiger partial charge on any atom is -0.390 e. The summed E-state index contributed by atoms with van der Waals surface area (Å²) in [5, 5.41) is 10.9. The molecule has 1 aromatic heterocycles. The van der Waals surface area contributed by atoms with Crippen LogP contribution in [-0.2, 0) is 16.1 Å². The van der Waals surface area contributed by atoms with Crippen LogP contribution in [0.2, 0.25) is 0 Å². The summed E-state index contributed by atoms with van der Waals surface area (Å²) in [6.07, 6.45) is 5.37. The Morgan fingerprint density at radius 3 is 2.60 bits per heavy atom. The molecule has 5 nitrogen and oxygen atoms in total. The molecule has 0 radical (unpaired) electrons. The van der Waals surface area contributed by atoms with Crippen molar-refractivity contribution < 1.29 is 14.6 Å². The van der Waals surface area contributed by atoms with Gasteiger partial charge in [0.2, 0.25) is 0 Å². The molecule has 25 heavy (non-hydrogen) atoms. The first-order valence-corrected chi connectivity index (χ1v) is 10.1. The fraction of sp³-hybridized carbons (Fsp3) is 0.789. The van der Waals surface area contributed by atoms with Crippen molar-refractivity contribution in [1.29, 1.82) is 0 Å². The van der Waals surface area contributed by atoms with Gasteiger partial charge in [-0.2, -0.15) is 4.99 Å². The lowest BCUT2D eigenvalue weighted by Gasteiger charge is -2.58. The number of methoxy groups -OCH3 is 1. The second-order valence-electron chi connectivity index (χ2n) is 8.55. The minimum absolute atomic E-state index is 0.00700. The SMILES string of the molecule is COCCn1c(C)c(C)sc1=NC(=O)C12CC3CC(CC(O)(C3)C1)C2. The monoisotopic (exact) mass is 364 g/mol. The third-order valence-electron chi connectivity index (χ3n) is 6.59. The summed E-state index contributed by atoms with van der Waals surface area (Å²) in [6.45, 7) is 5.45. The van der Waals surface area contributed by atoms with Crippen molar-refractivity contribution in [2.24, 2.45) is 22.2 Å². The predicted octanol–water partition coefficient (Wildman–Crippen LogP) is 2.57. The Bertz CT molecular complexity index is 749. The molecule has 138 valence electrons. The van der Waals surface area contributed by atoms with E-state index in [9.17, 15) is 9.90 Å². The first-order chi connectivity index (χ1) is 11.8. The van der Waals surface area contributed by atoms with Crippen LogP contribution in [0.3, 0.4) is 0 Å². The number of carbonyl (C=O) groups is 1. The van der Waals surface area contributed by atoms with Gasteiger partial charge in [0.1, 0.15) is 0 Å². The summed E-state index contributed by atoms with van der Waals surface area (Å²) in [5.41, 5.74) is 0.101. The molecule has 4 aliphatic carbocycles. The van der Waals surface area contributed by atoms with E-state index in [-0.39, 0.29) is 5.91 Å². The topological polar surface area (TPSA) is 63.8 Å². The van der Waals surface area contributed by atoms with Gasteiger partial charge in [0, 0.05) is 24.2 Å². The Balaban J connectivity index is 1.68. The van der Waals surface area contributed by atoms with E-state index in [0.29, 0.717) is 31.4 Å². The van der Waals surface area contributed by atoms with Crippen molar-refractivity contribution in [3.05, 3.63) is 15.4 Å². The lowest BCUT2D eigenvalue weighted by Crippen LogP contribution is -2.58. The molecule has 0 aromatic carbocycles. The van der Waals surface area contributed by atoms with Gasteiger partial charge in [-0.3, -0.25) is 4.79 Å². The number of thiazole rings is 1. The predicted molar refractivity (Wildman–Crippen MR) is 96.3 cm³/mol. The first-order valence-electron chi connectivity index (χ1n) is 9.31. The molecule has 5 rings (SSSR count). The standard InChI is InChI=1S/C19H28N2O3S/c1-12-13(2)25-17(21(12)4-5-24-3)20-16(22)18-7-14-6-15(8-18)10-19(23,9-14)11-18/h14-15,23H,4-11H2,1-3H3. The molecule has 2 atom stereocenters. The zero-order chi connectivity index (χ0) is 17.8. The molecule has 0 spiro atoms. The van der Waals surface area contributed by atoms with E-state index < -0.39 is 11.0 Å². The molecule has 4 aliphatic rings. The van der Waals surface area contributed by atoms with E-state index >= 15 is 0 Å². The highest BCUT2D eigenvalue weighted by atomic mass is 32.1. The lowest BCUT2D eigenvalue weighted by atomic mass is 9.47. The van der Waals surface area contributed by atoms with Crippen LogP contribution in [0.1, 0.15) is 49.1 Å². The summed E-state index contributed by atoms with van der Waals surface area (Å²) < 4.78 is 7.30. The Kier molecular flexibility index (Phi) is 4.21. The van der Waals surface area contributed by atoms with Gasteiger partial charge in [-0.25, -0.2) is 0 Å². The van der Waals surface area contributed by atoms with Gasteiger partial charge in [-0.1, -0.05) is 0 Å². The van der Waals surface area contributed by atoms with Crippen molar-refractivity contribution in [2.45, 2.75) is 64.5 Å². The average molecular weight is 365 g/mol. The Morgan fingerprint density at radius 2 is 2.00 bits per heavy atom. The molecule has 1 N–H and O–H groups in total. The lowest BCUT2D eigenvalue weighted by molar-refractivity contribution is -0.175. The molecule has 4 fully saturated rings. The maximum atomic E-state index is 13.2. The van der Waals surface area contributed by atoms with E-state index in [0.717, 1.165) is 36.2 Å².